The van der Waals surface area contributed by atoms with Gasteiger partial charge in [-0.2, -0.15) is 10.2 Å². The third-order valence-electron chi connectivity index (χ3n) is 5.29. The highest BCUT2D eigenvalue weighted by atomic mass is 35.5. The lowest BCUT2D eigenvalue weighted by Crippen LogP contribution is -2.57. The van der Waals surface area contributed by atoms with Gasteiger partial charge in [-0.05, 0) is 52.8 Å². The Kier molecular flexibility index (Phi) is 7.59. The van der Waals surface area contributed by atoms with Crippen molar-refractivity contribution in [3.8, 4) is 11.1 Å². The number of carbonyl (C=O) groups excluding carboxylic acids is 2. The van der Waals surface area contributed by atoms with Crippen LogP contribution in [0.5, 0.6) is 0 Å². The van der Waals surface area contributed by atoms with Crippen LogP contribution in [0.25, 0.3) is 11.1 Å². The maximum absolute atomic E-state index is 13.3. The van der Waals surface area contributed by atoms with Crippen LogP contribution in [-0.2, 0) is 11.3 Å². The number of anilines is 1. The van der Waals surface area contributed by atoms with Gasteiger partial charge in [0.05, 0.1) is 5.69 Å². The second-order valence-corrected chi connectivity index (χ2v) is 10.6. The van der Waals surface area contributed by atoms with E-state index in [1.165, 1.54) is 10.9 Å². The first-order chi connectivity index (χ1) is 15.8. The second-order valence-electron chi connectivity index (χ2n) is 8.36. The Bertz CT molecular complexity index is 1200. The molecule has 182 valence electrons. The third kappa shape index (κ3) is 5.71. The van der Waals surface area contributed by atoms with Crippen molar-refractivity contribution >= 4 is 52.4 Å². The molecule has 3 rings (SSSR count). The van der Waals surface area contributed by atoms with Crippen LogP contribution in [-0.4, -0.2) is 46.6 Å². The first-order valence-corrected chi connectivity index (χ1v) is 11.7. The van der Waals surface area contributed by atoms with Gasteiger partial charge in [0.1, 0.15) is 26.5 Å². The van der Waals surface area contributed by atoms with Crippen LogP contribution in [0.4, 0.5) is 5.82 Å². The zero-order valence-corrected chi connectivity index (χ0v) is 21.7. The molecule has 0 unspecified atom stereocenters. The Morgan fingerprint density at radius 2 is 1.88 bits per heavy atom. The number of hydrogen-bond acceptors (Lipinski definition) is 5. The lowest BCUT2D eigenvalue weighted by molar-refractivity contribution is -0.121. The topological polar surface area (TPSA) is 118 Å². The van der Waals surface area contributed by atoms with Crippen molar-refractivity contribution in [2.75, 3.05) is 5.32 Å². The quantitative estimate of drug-likeness (QED) is 0.291. The molecule has 0 bridgehead atoms. The zero-order chi connectivity index (χ0) is 25.3. The molecule has 0 spiro atoms. The average molecular weight is 527 g/mol. The van der Waals surface area contributed by atoms with Crippen LogP contribution in [0.15, 0.2) is 24.4 Å². The van der Waals surface area contributed by atoms with E-state index in [1.807, 2.05) is 20.8 Å². The van der Waals surface area contributed by atoms with E-state index in [0.717, 1.165) is 17.0 Å². The number of halogens is 3. The van der Waals surface area contributed by atoms with Crippen LogP contribution < -0.4 is 10.6 Å². The molecule has 3 aromatic rings. The summed E-state index contributed by atoms with van der Waals surface area (Å²) in [5, 5.41) is 16.9. The normalized spacial score (nSPS) is 13.4. The van der Waals surface area contributed by atoms with Crippen LogP contribution in [0.2, 0.25) is 5.15 Å². The molecule has 0 aliphatic carbocycles. The summed E-state index contributed by atoms with van der Waals surface area (Å²) in [6, 6.07) is 4.94. The lowest BCUT2D eigenvalue weighted by Gasteiger charge is -2.33. The molecule has 0 aromatic carbocycles. The molecule has 0 aliphatic heterocycles. The number of carbonyl (C=O) groups is 2. The van der Waals surface area contributed by atoms with E-state index in [1.54, 1.807) is 32.0 Å². The standard InChI is InChI=1S/C22H26Cl3N7O2/c1-6-32-15(9-10-26-32)19(33)29-21(4,11-22(5,24)25)20(34)28-16-8-7-14(18(23)27-16)17-12(2)30-31-13(17)3/h7-10H,6,11H2,1-5H3,(H,29,33)(H,30,31)(H,27,28,34)/t21-/m0/s1. The Morgan fingerprint density at radius 3 is 2.44 bits per heavy atom. The number of pyridine rings is 1. The Labute approximate surface area is 212 Å². The number of H-pyrrole nitrogens is 1. The van der Waals surface area contributed by atoms with E-state index in [-0.39, 0.29) is 17.4 Å². The molecule has 12 heteroatoms. The number of rotatable bonds is 8. The summed E-state index contributed by atoms with van der Waals surface area (Å²) >= 11 is 18.9. The largest absolute Gasteiger partial charge is 0.336 e. The van der Waals surface area contributed by atoms with Crippen LogP contribution in [0.1, 0.15) is 49.1 Å². The lowest BCUT2D eigenvalue weighted by atomic mass is 9.94. The zero-order valence-electron chi connectivity index (χ0n) is 19.5. The molecule has 9 nitrogen and oxygen atoms in total. The minimum atomic E-state index is -1.47. The van der Waals surface area contributed by atoms with Crippen molar-refractivity contribution < 1.29 is 9.59 Å². The maximum atomic E-state index is 13.3. The van der Waals surface area contributed by atoms with Gasteiger partial charge < -0.3 is 10.6 Å². The molecule has 0 radical (unpaired) electrons. The smallest absolute Gasteiger partial charge is 0.270 e. The monoisotopic (exact) mass is 525 g/mol. The molecule has 0 aliphatic rings. The minimum absolute atomic E-state index is 0.0693. The van der Waals surface area contributed by atoms with E-state index in [9.17, 15) is 9.59 Å². The summed E-state index contributed by atoms with van der Waals surface area (Å²) in [7, 11) is 0. The summed E-state index contributed by atoms with van der Waals surface area (Å²) in [6.45, 7) is 9.18. The van der Waals surface area contributed by atoms with Crippen molar-refractivity contribution in [1.82, 2.24) is 30.3 Å². The van der Waals surface area contributed by atoms with Crippen molar-refractivity contribution in [2.24, 2.45) is 0 Å². The minimum Gasteiger partial charge on any atom is -0.336 e. The maximum Gasteiger partial charge on any atom is 0.270 e. The molecule has 3 N–H and O–H groups in total. The molecule has 0 saturated carbocycles. The highest BCUT2D eigenvalue weighted by molar-refractivity contribution is 6.48. The Morgan fingerprint density at radius 1 is 1.18 bits per heavy atom. The van der Waals surface area contributed by atoms with E-state index < -0.39 is 21.7 Å². The van der Waals surface area contributed by atoms with Gasteiger partial charge in [-0.3, -0.25) is 19.4 Å². The fourth-order valence-electron chi connectivity index (χ4n) is 3.79. The first-order valence-electron chi connectivity index (χ1n) is 10.6. The molecule has 3 heterocycles. The number of nitrogens with zero attached hydrogens (tertiary/aromatic N) is 4. The summed E-state index contributed by atoms with van der Waals surface area (Å²) in [5.41, 5.74) is 2.00. The van der Waals surface area contributed by atoms with E-state index in [0.29, 0.717) is 17.8 Å². The Hall–Kier alpha value is -2.62. The predicted octanol–water partition coefficient (Wildman–Crippen LogP) is 4.67. The second kappa shape index (κ2) is 9.93. The number of amides is 2. The van der Waals surface area contributed by atoms with Gasteiger partial charge in [-0.25, -0.2) is 4.98 Å². The Balaban J connectivity index is 1.87. The number of nitrogens with one attached hydrogen (secondary N) is 3. The molecular weight excluding hydrogens is 501 g/mol. The van der Waals surface area contributed by atoms with Gasteiger partial charge in [0.25, 0.3) is 11.8 Å². The van der Waals surface area contributed by atoms with Crippen molar-refractivity contribution in [3.05, 3.63) is 46.6 Å². The van der Waals surface area contributed by atoms with E-state index >= 15 is 0 Å². The van der Waals surface area contributed by atoms with Gasteiger partial charge in [-0.1, -0.05) is 11.6 Å². The molecule has 0 fully saturated rings. The molecular formula is C22H26Cl3N7O2. The number of alkyl halides is 2. The number of hydrogen-bond donors (Lipinski definition) is 3. The van der Waals surface area contributed by atoms with Gasteiger partial charge in [0.2, 0.25) is 0 Å². The van der Waals surface area contributed by atoms with E-state index in [2.05, 4.69) is 30.9 Å². The van der Waals surface area contributed by atoms with Crippen LogP contribution in [0, 0.1) is 13.8 Å². The molecule has 34 heavy (non-hydrogen) atoms. The van der Waals surface area contributed by atoms with Gasteiger partial charge in [0.15, 0.2) is 0 Å². The number of aryl methyl sites for hydroxylation is 3. The third-order valence-corrected chi connectivity index (χ3v) is 5.85. The van der Waals surface area contributed by atoms with Crippen LogP contribution >= 0.6 is 34.8 Å². The summed E-state index contributed by atoms with van der Waals surface area (Å²) < 4.78 is 0.226. The SMILES string of the molecule is CCn1nccc1C(=O)N[C@@](C)(CC(C)(Cl)Cl)C(=O)Nc1ccc(-c2c(C)n[nH]c2C)c(Cl)n1. The summed E-state index contributed by atoms with van der Waals surface area (Å²) in [6.07, 6.45) is 1.44. The fourth-order valence-corrected chi connectivity index (χ4v) is 4.57. The van der Waals surface area contributed by atoms with E-state index in [4.69, 9.17) is 34.8 Å². The van der Waals surface area contributed by atoms with Crippen molar-refractivity contribution in [3.63, 3.8) is 0 Å². The number of aromatic amines is 1. The van der Waals surface area contributed by atoms with Gasteiger partial charge in [0, 0.05) is 36.0 Å². The van der Waals surface area contributed by atoms with Crippen LogP contribution in [0.3, 0.4) is 0 Å². The predicted molar refractivity (Wildman–Crippen MR) is 133 cm³/mol. The summed E-state index contributed by atoms with van der Waals surface area (Å²) in [4.78, 5) is 30.6. The number of aromatic nitrogens is 5. The van der Waals surface area contributed by atoms with Crippen molar-refractivity contribution in [1.29, 1.82) is 0 Å². The fraction of sp³-hybridized carbons (Fsp3) is 0.409. The highest BCUT2D eigenvalue weighted by Crippen LogP contribution is 2.33. The average Bonchev–Trinajstić information content (AvgIpc) is 3.33. The molecule has 2 amide bonds. The van der Waals surface area contributed by atoms with Gasteiger partial charge in [-0.15, -0.1) is 23.2 Å². The van der Waals surface area contributed by atoms with Crippen molar-refractivity contribution in [2.45, 2.75) is 57.5 Å². The molecule has 1 atom stereocenters. The summed E-state index contributed by atoms with van der Waals surface area (Å²) in [5.74, 6) is -0.827. The first kappa shape index (κ1) is 26.0. The molecule has 3 aromatic heterocycles. The van der Waals surface area contributed by atoms with Gasteiger partial charge >= 0.3 is 0 Å². The molecule has 0 saturated heterocycles. The highest BCUT2D eigenvalue weighted by Gasteiger charge is 2.41.